The topological polar surface area (TPSA) is 20.3 Å². The van der Waals surface area contributed by atoms with Crippen LogP contribution in [0.2, 0.25) is 5.02 Å². The van der Waals surface area contributed by atoms with Gasteiger partial charge in [0.15, 0.2) is 0 Å². The second-order valence-electron chi connectivity index (χ2n) is 3.87. The normalized spacial score (nSPS) is 10.4. The summed E-state index contributed by atoms with van der Waals surface area (Å²) in [5.74, 6) is -0.0123. The molecule has 1 amide bonds. The van der Waals surface area contributed by atoms with E-state index in [4.69, 9.17) is 11.6 Å². The molecule has 0 aliphatic heterocycles. The SMILES string of the molecule is CN(Cc1cccs1)C(=O)c1ccc(I)c(Cl)c1. The molecule has 0 saturated heterocycles. The summed E-state index contributed by atoms with van der Waals surface area (Å²) in [6, 6.07) is 9.39. The smallest absolute Gasteiger partial charge is 0.253 e. The third-order valence-electron chi connectivity index (χ3n) is 2.49. The van der Waals surface area contributed by atoms with Crippen LogP contribution in [0, 0.1) is 3.57 Å². The van der Waals surface area contributed by atoms with Crippen molar-refractivity contribution in [3.8, 4) is 0 Å². The van der Waals surface area contributed by atoms with Crippen molar-refractivity contribution in [2.24, 2.45) is 0 Å². The van der Waals surface area contributed by atoms with Crippen molar-refractivity contribution in [1.82, 2.24) is 4.90 Å². The van der Waals surface area contributed by atoms with Crippen LogP contribution in [0.4, 0.5) is 0 Å². The molecule has 0 fully saturated rings. The van der Waals surface area contributed by atoms with Gasteiger partial charge in [0.05, 0.1) is 11.6 Å². The third-order valence-corrected chi connectivity index (χ3v) is 4.92. The zero-order valence-corrected chi connectivity index (χ0v) is 13.4. The first-order valence-electron chi connectivity index (χ1n) is 5.31. The van der Waals surface area contributed by atoms with Gasteiger partial charge in [0.25, 0.3) is 5.91 Å². The molecule has 1 aromatic heterocycles. The highest BCUT2D eigenvalue weighted by Crippen LogP contribution is 2.21. The molecule has 18 heavy (non-hydrogen) atoms. The Kier molecular flexibility index (Phi) is 4.64. The predicted octanol–water partition coefficient (Wildman–Crippen LogP) is 4.28. The molecule has 2 nitrogen and oxygen atoms in total. The van der Waals surface area contributed by atoms with Crippen LogP contribution < -0.4 is 0 Å². The zero-order chi connectivity index (χ0) is 13.1. The molecule has 0 aliphatic carbocycles. The second kappa shape index (κ2) is 6.04. The highest BCUT2D eigenvalue weighted by atomic mass is 127. The van der Waals surface area contributed by atoms with Crippen LogP contribution in [-0.2, 0) is 6.54 Å². The van der Waals surface area contributed by atoms with E-state index in [1.54, 1.807) is 35.4 Å². The summed E-state index contributed by atoms with van der Waals surface area (Å²) < 4.78 is 0.951. The minimum absolute atomic E-state index is 0.0123. The molecule has 1 heterocycles. The van der Waals surface area contributed by atoms with Crippen LogP contribution in [0.5, 0.6) is 0 Å². The van der Waals surface area contributed by atoms with E-state index < -0.39 is 0 Å². The molecule has 5 heteroatoms. The lowest BCUT2D eigenvalue weighted by Gasteiger charge is -2.16. The van der Waals surface area contributed by atoms with Crippen molar-refractivity contribution in [2.75, 3.05) is 7.05 Å². The van der Waals surface area contributed by atoms with Crippen LogP contribution in [0.25, 0.3) is 0 Å². The van der Waals surface area contributed by atoms with Gasteiger partial charge in [0, 0.05) is 21.1 Å². The average Bonchev–Trinajstić information content (AvgIpc) is 2.84. The first kappa shape index (κ1) is 13.8. The average molecular weight is 392 g/mol. The van der Waals surface area contributed by atoms with Crippen molar-refractivity contribution < 1.29 is 4.79 Å². The predicted molar refractivity (Wildman–Crippen MR) is 84.3 cm³/mol. The number of carbonyl (C=O) groups is 1. The summed E-state index contributed by atoms with van der Waals surface area (Å²) in [6.45, 7) is 0.625. The van der Waals surface area contributed by atoms with Gasteiger partial charge in [0.1, 0.15) is 0 Å². The molecule has 2 rings (SSSR count). The van der Waals surface area contributed by atoms with Crippen LogP contribution in [-0.4, -0.2) is 17.9 Å². The van der Waals surface area contributed by atoms with Gasteiger partial charge in [-0.15, -0.1) is 11.3 Å². The monoisotopic (exact) mass is 391 g/mol. The first-order valence-corrected chi connectivity index (χ1v) is 7.64. The van der Waals surface area contributed by atoms with E-state index in [2.05, 4.69) is 22.6 Å². The lowest BCUT2D eigenvalue weighted by atomic mass is 10.2. The van der Waals surface area contributed by atoms with E-state index in [0.717, 1.165) is 3.57 Å². The maximum atomic E-state index is 12.2. The fourth-order valence-electron chi connectivity index (χ4n) is 1.56. The van der Waals surface area contributed by atoms with Gasteiger partial charge in [-0.1, -0.05) is 17.7 Å². The van der Waals surface area contributed by atoms with Gasteiger partial charge >= 0.3 is 0 Å². The molecule has 94 valence electrons. The van der Waals surface area contributed by atoms with Crippen molar-refractivity contribution in [1.29, 1.82) is 0 Å². The Morgan fingerprint density at radius 1 is 1.44 bits per heavy atom. The molecule has 0 aliphatic rings. The number of amides is 1. The van der Waals surface area contributed by atoms with Gasteiger partial charge in [-0.3, -0.25) is 4.79 Å². The minimum Gasteiger partial charge on any atom is -0.337 e. The number of nitrogens with zero attached hydrogens (tertiary/aromatic N) is 1. The van der Waals surface area contributed by atoms with Gasteiger partial charge in [-0.2, -0.15) is 0 Å². The van der Waals surface area contributed by atoms with E-state index >= 15 is 0 Å². The molecular formula is C13H11ClINOS. The van der Waals surface area contributed by atoms with Gasteiger partial charge in [-0.25, -0.2) is 0 Å². The summed E-state index contributed by atoms with van der Waals surface area (Å²) in [5, 5.41) is 2.63. The number of halogens is 2. The molecule has 0 atom stereocenters. The Morgan fingerprint density at radius 2 is 2.22 bits per heavy atom. The molecule has 0 bridgehead atoms. The van der Waals surface area contributed by atoms with Crippen molar-refractivity contribution >= 4 is 51.4 Å². The highest BCUT2D eigenvalue weighted by molar-refractivity contribution is 14.1. The van der Waals surface area contributed by atoms with Crippen molar-refractivity contribution in [3.63, 3.8) is 0 Å². The summed E-state index contributed by atoms with van der Waals surface area (Å²) >= 11 is 9.82. The Morgan fingerprint density at radius 3 is 2.83 bits per heavy atom. The summed E-state index contributed by atoms with van der Waals surface area (Å²) in [5.41, 5.74) is 0.625. The maximum Gasteiger partial charge on any atom is 0.253 e. The molecule has 0 unspecified atom stereocenters. The maximum absolute atomic E-state index is 12.2. The zero-order valence-electron chi connectivity index (χ0n) is 9.69. The fraction of sp³-hybridized carbons (Fsp3) is 0.154. The quantitative estimate of drug-likeness (QED) is 0.715. The highest BCUT2D eigenvalue weighted by Gasteiger charge is 2.13. The van der Waals surface area contributed by atoms with E-state index in [-0.39, 0.29) is 5.91 Å². The first-order chi connectivity index (χ1) is 8.58. The van der Waals surface area contributed by atoms with Crippen LogP contribution in [0.1, 0.15) is 15.2 Å². The van der Waals surface area contributed by atoms with E-state index in [1.165, 1.54) is 4.88 Å². The van der Waals surface area contributed by atoms with Crippen molar-refractivity contribution in [2.45, 2.75) is 6.54 Å². The lowest BCUT2D eigenvalue weighted by molar-refractivity contribution is 0.0786. The Bertz CT molecular complexity index is 556. The summed E-state index contributed by atoms with van der Waals surface area (Å²) in [4.78, 5) is 15.1. The molecule has 0 spiro atoms. The Hall–Kier alpha value is -0.590. The molecule has 0 radical (unpaired) electrons. The number of benzene rings is 1. The van der Waals surface area contributed by atoms with E-state index in [9.17, 15) is 4.79 Å². The Labute approximate surface area is 129 Å². The number of carbonyl (C=O) groups excluding carboxylic acids is 1. The fourth-order valence-corrected chi connectivity index (χ4v) is 2.83. The second-order valence-corrected chi connectivity index (χ2v) is 6.47. The Balaban J connectivity index is 2.12. The number of hydrogen-bond donors (Lipinski definition) is 0. The largest absolute Gasteiger partial charge is 0.337 e. The molecule has 1 aromatic carbocycles. The number of rotatable bonds is 3. The minimum atomic E-state index is -0.0123. The summed E-state index contributed by atoms with van der Waals surface area (Å²) in [7, 11) is 1.80. The van der Waals surface area contributed by atoms with Crippen LogP contribution in [0.15, 0.2) is 35.7 Å². The molecule has 2 aromatic rings. The summed E-state index contributed by atoms with van der Waals surface area (Å²) in [6.07, 6.45) is 0. The van der Waals surface area contributed by atoms with E-state index in [1.807, 2.05) is 23.6 Å². The number of thiophene rings is 1. The number of hydrogen-bond acceptors (Lipinski definition) is 2. The molecule has 0 N–H and O–H groups in total. The van der Waals surface area contributed by atoms with Crippen LogP contribution >= 0.6 is 45.5 Å². The standard InChI is InChI=1S/C13H11ClINOS/c1-16(8-10-3-2-6-18-10)13(17)9-4-5-12(15)11(14)7-9/h2-7H,8H2,1H3. The van der Waals surface area contributed by atoms with Gasteiger partial charge < -0.3 is 4.90 Å². The molecular weight excluding hydrogens is 381 g/mol. The lowest BCUT2D eigenvalue weighted by Crippen LogP contribution is -2.25. The van der Waals surface area contributed by atoms with Gasteiger partial charge in [-0.05, 0) is 52.2 Å². The van der Waals surface area contributed by atoms with E-state index in [0.29, 0.717) is 17.1 Å². The molecule has 0 saturated carbocycles. The van der Waals surface area contributed by atoms with Crippen LogP contribution in [0.3, 0.4) is 0 Å². The van der Waals surface area contributed by atoms with Gasteiger partial charge in [0.2, 0.25) is 0 Å². The van der Waals surface area contributed by atoms with Crippen molar-refractivity contribution in [3.05, 3.63) is 54.7 Å². The third kappa shape index (κ3) is 3.24.